The minimum absolute atomic E-state index is 0.907. The summed E-state index contributed by atoms with van der Waals surface area (Å²) in [6.45, 7) is 6.39. The van der Waals surface area contributed by atoms with Crippen molar-refractivity contribution in [2.75, 3.05) is 0 Å². The van der Waals surface area contributed by atoms with Gasteiger partial charge < -0.3 is 0 Å². The zero-order valence-corrected chi connectivity index (χ0v) is 10.8. The van der Waals surface area contributed by atoms with E-state index in [1.54, 1.807) is 0 Å². The molecule has 0 saturated heterocycles. The van der Waals surface area contributed by atoms with Crippen molar-refractivity contribution in [3.8, 4) is 5.69 Å². The second-order valence-corrected chi connectivity index (χ2v) is 4.59. The predicted octanol–water partition coefficient (Wildman–Crippen LogP) is 1.59. The second-order valence-electron chi connectivity index (χ2n) is 3.83. The minimum atomic E-state index is 0.907. The van der Waals surface area contributed by atoms with Crippen molar-refractivity contribution in [1.82, 2.24) is 9.55 Å². The number of hydrogen-bond donors (Lipinski definition) is 0. The normalized spacial score (nSPS) is 10.6. The second kappa shape index (κ2) is 3.84. The van der Waals surface area contributed by atoms with Crippen LogP contribution in [0.1, 0.15) is 16.7 Å². The summed E-state index contributed by atoms with van der Waals surface area (Å²) in [5.41, 5.74) is 5.09. The van der Waals surface area contributed by atoms with Crippen LogP contribution >= 0.6 is 0 Å². The van der Waals surface area contributed by atoms with Crippen molar-refractivity contribution in [3.63, 3.8) is 0 Å². The fourth-order valence-electron chi connectivity index (χ4n) is 2.01. The van der Waals surface area contributed by atoms with Crippen molar-refractivity contribution in [2.24, 2.45) is 0 Å². The molecule has 0 spiro atoms. The Bertz CT molecular complexity index is 477. The van der Waals surface area contributed by atoms with Gasteiger partial charge in [-0.2, -0.15) is 0 Å². The molecule has 2 nitrogen and oxygen atoms in total. The monoisotopic (exact) mass is 265 g/mol. The van der Waals surface area contributed by atoms with Gasteiger partial charge in [-0.3, -0.25) is 0 Å². The van der Waals surface area contributed by atoms with Crippen LogP contribution in [0.15, 0.2) is 24.5 Å². The molecule has 0 unspecified atom stereocenters. The SMILES string of the molecule is Cc1cc(C)c(-n2ccnc2[Se])c(C)c1. The summed E-state index contributed by atoms with van der Waals surface area (Å²) in [6, 6.07) is 4.39. The molecule has 0 aliphatic carbocycles. The molecule has 1 aromatic carbocycles. The van der Waals surface area contributed by atoms with E-state index in [1.165, 1.54) is 22.4 Å². The quantitative estimate of drug-likeness (QED) is 0.715. The van der Waals surface area contributed by atoms with Crippen LogP contribution in [0.2, 0.25) is 0 Å². The van der Waals surface area contributed by atoms with Crippen molar-refractivity contribution in [1.29, 1.82) is 0 Å². The van der Waals surface area contributed by atoms with E-state index in [-0.39, 0.29) is 0 Å². The Balaban J connectivity index is 2.68. The molecule has 0 bridgehead atoms. The van der Waals surface area contributed by atoms with Crippen LogP contribution in [-0.2, 0) is 0 Å². The fraction of sp³-hybridized carbons (Fsp3) is 0.250. The van der Waals surface area contributed by atoms with Crippen molar-refractivity contribution < 1.29 is 0 Å². The summed E-state index contributed by atoms with van der Waals surface area (Å²) in [7, 11) is 0. The van der Waals surface area contributed by atoms with Gasteiger partial charge in [0.15, 0.2) is 0 Å². The molecule has 3 heteroatoms. The van der Waals surface area contributed by atoms with Gasteiger partial charge in [0.1, 0.15) is 0 Å². The molecule has 0 amide bonds. The van der Waals surface area contributed by atoms with Crippen molar-refractivity contribution >= 4 is 20.7 Å². The Labute approximate surface area is 98.2 Å². The van der Waals surface area contributed by atoms with Crippen LogP contribution in [0.25, 0.3) is 5.69 Å². The van der Waals surface area contributed by atoms with E-state index in [0.29, 0.717) is 0 Å². The van der Waals surface area contributed by atoms with Crippen LogP contribution in [0.3, 0.4) is 0 Å². The summed E-state index contributed by atoms with van der Waals surface area (Å²) in [6.07, 6.45) is 3.79. The summed E-state index contributed by atoms with van der Waals surface area (Å²) >= 11 is 2.97. The zero-order valence-electron chi connectivity index (χ0n) is 9.11. The summed E-state index contributed by atoms with van der Waals surface area (Å²) in [4.78, 5) is 4.21. The molecule has 1 aromatic heterocycles. The van der Waals surface area contributed by atoms with E-state index >= 15 is 0 Å². The van der Waals surface area contributed by atoms with Gasteiger partial charge in [-0.25, -0.2) is 0 Å². The Morgan fingerprint density at radius 1 is 1.13 bits per heavy atom. The molecule has 1 radical (unpaired) electrons. The first kappa shape index (κ1) is 10.5. The zero-order chi connectivity index (χ0) is 11.0. The number of nitrogens with zero attached hydrogens (tertiary/aromatic N) is 2. The molecule has 0 aliphatic rings. The van der Waals surface area contributed by atoms with E-state index in [9.17, 15) is 0 Å². The van der Waals surface area contributed by atoms with Crippen LogP contribution in [0, 0.1) is 20.8 Å². The number of aryl methyl sites for hydroxylation is 3. The van der Waals surface area contributed by atoms with Crippen LogP contribution < -0.4 is 4.72 Å². The average molecular weight is 264 g/mol. The Hall–Kier alpha value is -1.05. The first-order valence-corrected chi connectivity index (χ1v) is 5.74. The van der Waals surface area contributed by atoms with Crippen LogP contribution in [0.5, 0.6) is 0 Å². The van der Waals surface area contributed by atoms with E-state index in [1.807, 2.05) is 12.4 Å². The van der Waals surface area contributed by atoms with E-state index in [4.69, 9.17) is 0 Å². The number of benzene rings is 1. The van der Waals surface area contributed by atoms with E-state index in [0.717, 1.165) is 4.72 Å². The Morgan fingerprint density at radius 3 is 2.20 bits per heavy atom. The standard InChI is InChI=1S/C12H13N2Se/c1-8-6-9(2)11(10(3)7-8)14-5-4-13-12(14)15/h4-7H,1-3H3. The molecular weight excluding hydrogens is 251 g/mol. The Kier molecular flexibility index (Phi) is 2.68. The molecule has 2 rings (SSSR count). The molecule has 0 saturated carbocycles. The molecule has 0 aliphatic heterocycles. The van der Waals surface area contributed by atoms with Gasteiger partial charge in [0.25, 0.3) is 0 Å². The van der Waals surface area contributed by atoms with Gasteiger partial charge in [-0.1, -0.05) is 0 Å². The fourth-order valence-corrected chi connectivity index (χ4v) is 2.46. The Morgan fingerprint density at radius 2 is 1.73 bits per heavy atom. The summed E-state index contributed by atoms with van der Waals surface area (Å²) in [5, 5.41) is 0. The van der Waals surface area contributed by atoms with Crippen molar-refractivity contribution in [3.05, 3.63) is 41.2 Å². The van der Waals surface area contributed by atoms with Gasteiger partial charge in [0.05, 0.1) is 0 Å². The first-order valence-electron chi connectivity index (χ1n) is 4.88. The molecular formula is C12H13N2Se. The van der Waals surface area contributed by atoms with E-state index < -0.39 is 0 Å². The predicted molar refractivity (Wildman–Crippen MR) is 63.2 cm³/mol. The van der Waals surface area contributed by atoms with Crippen LogP contribution in [-0.4, -0.2) is 25.6 Å². The number of imidazole rings is 1. The average Bonchev–Trinajstić information content (AvgIpc) is 2.50. The summed E-state index contributed by atoms with van der Waals surface area (Å²) < 4.78 is 2.99. The number of hydrogen-bond acceptors (Lipinski definition) is 1. The van der Waals surface area contributed by atoms with E-state index in [2.05, 4.69) is 58.5 Å². The van der Waals surface area contributed by atoms with Crippen LogP contribution in [0.4, 0.5) is 0 Å². The third kappa shape index (κ3) is 1.85. The third-order valence-electron chi connectivity index (χ3n) is 2.48. The molecule has 15 heavy (non-hydrogen) atoms. The molecule has 0 N–H and O–H groups in total. The molecule has 0 atom stereocenters. The van der Waals surface area contributed by atoms with Gasteiger partial charge in [0, 0.05) is 0 Å². The first-order chi connectivity index (χ1) is 7.09. The van der Waals surface area contributed by atoms with Gasteiger partial charge in [-0.05, 0) is 0 Å². The maximum absolute atomic E-state index is 4.21. The molecule has 77 valence electrons. The van der Waals surface area contributed by atoms with Gasteiger partial charge in [0.2, 0.25) is 0 Å². The maximum atomic E-state index is 4.21. The van der Waals surface area contributed by atoms with Crippen molar-refractivity contribution in [2.45, 2.75) is 20.8 Å². The number of rotatable bonds is 1. The summed E-state index contributed by atoms with van der Waals surface area (Å²) in [5.74, 6) is 0. The molecule has 1 heterocycles. The van der Waals surface area contributed by atoms with Gasteiger partial charge >= 0.3 is 98.0 Å². The molecule has 0 fully saturated rings. The number of aromatic nitrogens is 2. The van der Waals surface area contributed by atoms with Gasteiger partial charge in [-0.15, -0.1) is 0 Å². The third-order valence-corrected chi connectivity index (χ3v) is 3.12. The molecule has 2 aromatic rings. The topological polar surface area (TPSA) is 17.8 Å².